The first-order chi connectivity index (χ1) is 9.15. The number of sulfone groups is 1. The zero-order chi connectivity index (χ0) is 15.5. The number of nitrogens with zero attached hydrogens (tertiary/aromatic N) is 1. The molecule has 0 aliphatic heterocycles. The Morgan fingerprint density at radius 2 is 1.70 bits per heavy atom. The zero-order valence-electron chi connectivity index (χ0n) is 13.1. The molecular weight excluding hydrogens is 272 g/mol. The van der Waals surface area contributed by atoms with E-state index >= 15 is 0 Å². The second-order valence-electron chi connectivity index (χ2n) is 5.67. The molecule has 0 fully saturated rings. The molecule has 1 aromatic carbocycles. The van der Waals surface area contributed by atoms with Crippen LogP contribution in [0.1, 0.15) is 28.3 Å². The fourth-order valence-corrected chi connectivity index (χ4v) is 3.32. The fraction of sp³-hybridized carbons (Fsp3) is 0.600. The largest absolute Gasteiger partial charge is 0.329 e. The molecule has 1 unspecified atom stereocenters. The van der Waals surface area contributed by atoms with Gasteiger partial charge in [-0.3, -0.25) is 4.90 Å². The van der Waals surface area contributed by atoms with Crippen LogP contribution < -0.4 is 5.73 Å². The molecule has 114 valence electrons. The third-order valence-electron chi connectivity index (χ3n) is 3.64. The van der Waals surface area contributed by atoms with E-state index < -0.39 is 9.84 Å². The molecule has 0 spiro atoms. The summed E-state index contributed by atoms with van der Waals surface area (Å²) in [5, 5.41) is 0. The van der Waals surface area contributed by atoms with Gasteiger partial charge < -0.3 is 5.73 Å². The molecule has 4 nitrogen and oxygen atoms in total. The Labute approximate surface area is 122 Å². The minimum absolute atomic E-state index is 0.0531. The van der Waals surface area contributed by atoms with E-state index in [1.54, 1.807) is 0 Å². The highest BCUT2D eigenvalue weighted by atomic mass is 32.2. The molecule has 1 rings (SSSR count). The summed E-state index contributed by atoms with van der Waals surface area (Å²) in [7, 11) is -1.02. The summed E-state index contributed by atoms with van der Waals surface area (Å²) in [5.74, 6) is 0.157. The number of benzene rings is 1. The molecule has 0 saturated carbocycles. The van der Waals surface area contributed by atoms with Gasteiger partial charge in [-0.15, -0.1) is 0 Å². The van der Waals surface area contributed by atoms with E-state index in [4.69, 9.17) is 5.73 Å². The zero-order valence-corrected chi connectivity index (χ0v) is 13.9. The van der Waals surface area contributed by atoms with E-state index in [1.807, 2.05) is 11.9 Å². The maximum Gasteiger partial charge on any atom is 0.148 e. The smallest absolute Gasteiger partial charge is 0.148 e. The Bertz CT molecular complexity index is 544. The van der Waals surface area contributed by atoms with Crippen LogP contribution in [-0.4, -0.2) is 45.5 Å². The van der Waals surface area contributed by atoms with Gasteiger partial charge in [0.05, 0.1) is 5.75 Å². The highest BCUT2D eigenvalue weighted by molar-refractivity contribution is 7.90. The van der Waals surface area contributed by atoms with E-state index in [-0.39, 0.29) is 11.8 Å². The molecule has 0 radical (unpaired) electrons. The van der Waals surface area contributed by atoms with Crippen LogP contribution in [0.5, 0.6) is 0 Å². The fourth-order valence-electron chi connectivity index (χ4n) is 2.70. The molecule has 0 heterocycles. The van der Waals surface area contributed by atoms with Crippen molar-refractivity contribution in [2.45, 2.75) is 26.8 Å². The molecule has 2 N–H and O–H groups in total. The van der Waals surface area contributed by atoms with Crippen molar-refractivity contribution in [1.29, 1.82) is 0 Å². The molecule has 0 saturated heterocycles. The Morgan fingerprint density at radius 1 is 1.20 bits per heavy atom. The maximum atomic E-state index is 11.3. The van der Waals surface area contributed by atoms with Crippen LogP contribution in [-0.2, 0) is 9.84 Å². The maximum absolute atomic E-state index is 11.3. The van der Waals surface area contributed by atoms with E-state index in [1.165, 1.54) is 28.5 Å². The topological polar surface area (TPSA) is 63.4 Å². The summed E-state index contributed by atoms with van der Waals surface area (Å²) in [6, 6.07) is 4.35. The van der Waals surface area contributed by atoms with Gasteiger partial charge >= 0.3 is 0 Å². The third kappa shape index (κ3) is 4.58. The second-order valence-corrected chi connectivity index (χ2v) is 7.93. The average Bonchev–Trinajstić information content (AvgIpc) is 2.29. The summed E-state index contributed by atoms with van der Waals surface area (Å²) in [6.07, 6.45) is 1.26. The van der Waals surface area contributed by atoms with Gasteiger partial charge in [0.1, 0.15) is 9.84 Å². The molecule has 0 aliphatic carbocycles. The van der Waals surface area contributed by atoms with Crippen molar-refractivity contribution in [2.24, 2.45) is 5.73 Å². The predicted octanol–water partition coefficient (Wildman–Crippen LogP) is 1.59. The first kappa shape index (κ1) is 17.1. The van der Waals surface area contributed by atoms with E-state index in [0.717, 1.165) is 0 Å². The van der Waals surface area contributed by atoms with E-state index in [9.17, 15) is 8.42 Å². The molecule has 1 aromatic rings. The number of likely N-dealkylation sites (N-methyl/N-ethyl adjacent to an activating group) is 1. The standard InChI is InChI=1S/C15H26N2O2S/c1-11-8-12(2)15(13(3)9-11)14(10-16)17(4)6-7-20(5,18)19/h8-9,14H,6-7,10,16H2,1-5H3. The molecule has 0 aliphatic rings. The van der Waals surface area contributed by atoms with Crippen molar-refractivity contribution in [3.8, 4) is 0 Å². The summed E-state index contributed by atoms with van der Waals surface area (Å²) in [6.45, 7) is 7.22. The van der Waals surface area contributed by atoms with Crippen LogP contribution in [0, 0.1) is 20.8 Å². The molecule has 0 bridgehead atoms. The predicted molar refractivity (Wildman–Crippen MR) is 84.8 cm³/mol. The van der Waals surface area contributed by atoms with Gasteiger partial charge in [0.2, 0.25) is 0 Å². The van der Waals surface area contributed by atoms with Crippen molar-refractivity contribution < 1.29 is 8.42 Å². The summed E-state index contributed by atoms with van der Waals surface area (Å²) in [4.78, 5) is 2.03. The van der Waals surface area contributed by atoms with Gasteiger partial charge in [-0.1, -0.05) is 17.7 Å². The normalized spacial score (nSPS) is 13.8. The first-order valence-electron chi connectivity index (χ1n) is 6.81. The minimum Gasteiger partial charge on any atom is -0.329 e. The van der Waals surface area contributed by atoms with Crippen LogP contribution >= 0.6 is 0 Å². The van der Waals surface area contributed by atoms with Crippen LogP contribution in [0.2, 0.25) is 0 Å². The number of hydrogen-bond acceptors (Lipinski definition) is 4. The van der Waals surface area contributed by atoms with Crippen LogP contribution in [0.15, 0.2) is 12.1 Å². The van der Waals surface area contributed by atoms with Crippen molar-refractivity contribution in [3.63, 3.8) is 0 Å². The van der Waals surface area contributed by atoms with Crippen LogP contribution in [0.3, 0.4) is 0 Å². The van der Waals surface area contributed by atoms with Crippen molar-refractivity contribution >= 4 is 9.84 Å². The van der Waals surface area contributed by atoms with Crippen LogP contribution in [0.25, 0.3) is 0 Å². The molecule has 0 amide bonds. The monoisotopic (exact) mass is 298 g/mol. The quantitative estimate of drug-likeness (QED) is 0.866. The second kappa shape index (κ2) is 6.70. The Hall–Kier alpha value is -0.910. The lowest BCUT2D eigenvalue weighted by atomic mass is 9.93. The van der Waals surface area contributed by atoms with Gasteiger partial charge in [0.15, 0.2) is 0 Å². The minimum atomic E-state index is -2.95. The van der Waals surface area contributed by atoms with Crippen molar-refractivity contribution in [1.82, 2.24) is 4.90 Å². The molecule has 0 aromatic heterocycles. The number of aryl methyl sites for hydroxylation is 3. The van der Waals surface area contributed by atoms with Gasteiger partial charge in [0.25, 0.3) is 0 Å². The molecule has 5 heteroatoms. The number of hydrogen-bond donors (Lipinski definition) is 1. The molecule has 20 heavy (non-hydrogen) atoms. The highest BCUT2D eigenvalue weighted by Crippen LogP contribution is 2.26. The van der Waals surface area contributed by atoms with Gasteiger partial charge in [-0.05, 0) is 44.5 Å². The summed E-state index contributed by atoms with van der Waals surface area (Å²) >= 11 is 0. The van der Waals surface area contributed by atoms with E-state index in [0.29, 0.717) is 13.1 Å². The van der Waals surface area contributed by atoms with Gasteiger partial charge in [-0.25, -0.2) is 8.42 Å². The number of nitrogens with two attached hydrogens (primary N) is 1. The lowest BCUT2D eigenvalue weighted by Gasteiger charge is -2.30. The lowest BCUT2D eigenvalue weighted by Crippen LogP contribution is -2.34. The average molecular weight is 298 g/mol. The molecular formula is C15H26N2O2S. The third-order valence-corrected chi connectivity index (χ3v) is 4.57. The Kier molecular flexibility index (Phi) is 5.74. The first-order valence-corrected chi connectivity index (χ1v) is 8.87. The molecule has 1 atom stereocenters. The lowest BCUT2D eigenvalue weighted by molar-refractivity contribution is 0.263. The van der Waals surface area contributed by atoms with Crippen molar-refractivity contribution in [2.75, 3.05) is 32.1 Å². The Balaban J connectivity index is 3.02. The van der Waals surface area contributed by atoms with Crippen LogP contribution in [0.4, 0.5) is 0 Å². The summed E-state index contributed by atoms with van der Waals surface area (Å²) in [5.41, 5.74) is 10.8. The van der Waals surface area contributed by atoms with Gasteiger partial charge in [0, 0.05) is 25.4 Å². The van der Waals surface area contributed by atoms with E-state index in [2.05, 4.69) is 32.9 Å². The number of rotatable bonds is 6. The van der Waals surface area contributed by atoms with Crippen molar-refractivity contribution in [3.05, 3.63) is 34.4 Å². The summed E-state index contributed by atoms with van der Waals surface area (Å²) < 4.78 is 22.6. The Morgan fingerprint density at radius 3 is 2.10 bits per heavy atom. The highest BCUT2D eigenvalue weighted by Gasteiger charge is 2.20. The SMILES string of the molecule is Cc1cc(C)c(C(CN)N(C)CCS(C)(=O)=O)c(C)c1. The van der Waals surface area contributed by atoms with Gasteiger partial charge in [-0.2, -0.15) is 0 Å².